The molecule has 1 fully saturated rings. The van der Waals surface area contributed by atoms with Crippen LogP contribution < -0.4 is 16.0 Å². The third-order valence-corrected chi connectivity index (χ3v) is 8.29. The minimum Gasteiger partial charge on any atom is -0.361 e. The van der Waals surface area contributed by atoms with Crippen molar-refractivity contribution in [3.63, 3.8) is 0 Å². The molecule has 13 nitrogen and oxygen atoms in total. The number of amides is 3. The lowest BCUT2D eigenvalue weighted by molar-refractivity contribution is 0.0944. The summed E-state index contributed by atoms with van der Waals surface area (Å²) >= 11 is 0. The normalized spacial score (nSPS) is 13.2. The molecule has 0 spiro atoms. The number of piperidine rings is 1. The number of aryl methyl sites for hydroxylation is 2. The highest BCUT2D eigenvalue weighted by Gasteiger charge is 2.18. The van der Waals surface area contributed by atoms with Gasteiger partial charge in [0.05, 0.1) is 17.2 Å². The summed E-state index contributed by atoms with van der Waals surface area (Å²) in [7, 11) is 3.45. The molecule has 0 aliphatic carbocycles. The largest absolute Gasteiger partial charge is 0.361 e. The number of fused-ring (bicyclic) bond motifs is 1. The Morgan fingerprint density at radius 2 is 1.38 bits per heavy atom. The van der Waals surface area contributed by atoms with Crippen molar-refractivity contribution in [2.75, 3.05) is 30.3 Å². The van der Waals surface area contributed by atoms with Crippen LogP contribution in [-0.4, -0.2) is 67.5 Å². The number of rotatable bonds is 10. The van der Waals surface area contributed by atoms with E-state index in [0.29, 0.717) is 58.2 Å². The van der Waals surface area contributed by atoms with E-state index < -0.39 is 0 Å². The van der Waals surface area contributed by atoms with E-state index in [9.17, 15) is 14.4 Å². The summed E-state index contributed by atoms with van der Waals surface area (Å²) in [6.07, 6.45) is 11.1. The number of aromatic nitrogens is 4. The number of hydrogen-bond donors (Lipinski definition) is 4. The average Bonchev–Trinajstić information content (AvgIpc) is 3.81. The quantitative estimate of drug-likeness (QED) is 0.0925. The predicted molar refractivity (Wildman–Crippen MR) is 184 cm³/mol. The number of nitrogens with one attached hydrogen (secondary N) is 4. The van der Waals surface area contributed by atoms with Crippen molar-refractivity contribution >= 4 is 58.1 Å². The van der Waals surface area contributed by atoms with Crippen molar-refractivity contribution in [1.29, 1.82) is 5.41 Å². The van der Waals surface area contributed by atoms with Crippen molar-refractivity contribution in [3.8, 4) is 0 Å². The Kier molecular flexibility index (Phi) is 9.46. The predicted octanol–water partition coefficient (Wildman–Crippen LogP) is 5.16. The second kappa shape index (κ2) is 14.2. The second-order valence-corrected chi connectivity index (χ2v) is 11.8. The van der Waals surface area contributed by atoms with Gasteiger partial charge in [-0.25, -0.2) is 4.63 Å². The van der Waals surface area contributed by atoms with Gasteiger partial charge in [-0.05, 0) is 77.1 Å². The summed E-state index contributed by atoms with van der Waals surface area (Å²) in [4.78, 5) is 41.0. The van der Waals surface area contributed by atoms with Crippen LogP contribution in [0.4, 0.5) is 11.4 Å². The van der Waals surface area contributed by atoms with Gasteiger partial charge in [0.1, 0.15) is 22.4 Å². The monoisotopic (exact) mass is 647 g/mol. The fourth-order valence-electron chi connectivity index (χ4n) is 5.66. The number of amidine groups is 1. The Morgan fingerprint density at radius 3 is 2.08 bits per heavy atom. The second-order valence-electron chi connectivity index (χ2n) is 11.8. The highest BCUT2D eigenvalue weighted by Crippen LogP contribution is 2.19. The molecule has 246 valence electrons. The van der Waals surface area contributed by atoms with Crippen LogP contribution in [0, 0.1) is 5.41 Å². The zero-order valence-electron chi connectivity index (χ0n) is 26.8. The first-order chi connectivity index (χ1) is 23.2. The zero-order chi connectivity index (χ0) is 33.6. The molecule has 5 aromatic rings. The van der Waals surface area contributed by atoms with E-state index in [1.807, 2.05) is 42.5 Å². The maximum absolute atomic E-state index is 13.1. The molecule has 2 aromatic carbocycles. The third-order valence-electron chi connectivity index (χ3n) is 8.29. The van der Waals surface area contributed by atoms with Gasteiger partial charge < -0.3 is 30.0 Å². The molecule has 1 aliphatic rings. The molecule has 4 N–H and O–H groups in total. The summed E-state index contributed by atoms with van der Waals surface area (Å²) in [6, 6.07) is 16.0. The molecule has 1 saturated heterocycles. The summed E-state index contributed by atoms with van der Waals surface area (Å²) in [5.74, 6) is -0.427. The molecule has 48 heavy (non-hydrogen) atoms. The molecule has 3 amide bonds. The molecule has 0 atom stereocenters. The lowest BCUT2D eigenvalue weighted by atomic mass is 10.1. The van der Waals surface area contributed by atoms with Gasteiger partial charge in [0.25, 0.3) is 17.7 Å². The first-order valence-corrected chi connectivity index (χ1v) is 15.8. The third kappa shape index (κ3) is 7.52. The molecule has 0 radical (unpaired) electrons. The van der Waals surface area contributed by atoms with Crippen LogP contribution in [0.5, 0.6) is 0 Å². The van der Waals surface area contributed by atoms with Crippen molar-refractivity contribution < 1.29 is 19.0 Å². The van der Waals surface area contributed by atoms with E-state index in [-0.39, 0.29) is 17.7 Å². The van der Waals surface area contributed by atoms with Crippen LogP contribution in [0.2, 0.25) is 0 Å². The summed E-state index contributed by atoms with van der Waals surface area (Å²) in [5, 5.41) is 24.5. The van der Waals surface area contributed by atoms with Crippen molar-refractivity contribution in [2.45, 2.75) is 25.7 Å². The molecule has 4 heterocycles. The van der Waals surface area contributed by atoms with E-state index in [1.165, 1.54) is 6.42 Å². The molecule has 0 bridgehead atoms. The van der Waals surface area contributed by atoms with Gasteiger partial charge in [-0.1, -0.05) is 30.4 Å². The first kappa shape index (κ1) is 32.0. The van der Waals surface area contributed by atoms with Gasteiger partial charge in [0, 0.05) is 58.1 Å². The van der Waals surface area contributed by atoms with E-state index in [0.717, 1.165) is 37.1 Å². The minimum atomic E-state index is -0.388. The standard InChI is InChI=1S/C35H37N9O4/c1-42-22-27(19-30(42)34(46)37-15-14-32(36)44-16-4-3-5-17-44)39-35(47)31-20-26(21-43(31)2)38-33(45)25-11-8-23(9-12-25)6-7-24-10-13-28-29(18-24)41-48-40-28/h6-13,18-22,36H,3-5,14-17H2,1-2H3,(H,37,46)(H,38,45)(H,39,47)/b7-6+,36-32?. The Hall–Kier alpha value is -5.98. The highest BCUT2D eigenvalue weighted by atomic mass is 16.6. The molecule has 1 aliphatic heterocycles. The number of likely N-dealkylation sites (tertiary alicyclic amines) is 1. The van der Waals surface area contributed by atoms with E-state index in [1.54, 1.807) is 59.9 Å². The zero-order valence-corrected chi connectivity index (χ0v) is 26.8. The lowest BCUT2D eigenvalue weighted by Crippen LogP contribution is -2.37. The number of carbonyl (C=O) groups is 3. The van der Waals surface area contributed by atoms with Gasteiger partial charge in [0.2, 0.25) is 0 Å². The van der Waals surface area contributed by atoms with Gasteiger partial charge in [-0.3, -0.25) is 19.8 Å². The van der Waals surface area contributed by atoms with Crippen LogP contribution >= 0.6 is 0 Å². The van der Waals surface area contributed by atoms with E-state index in [4.69, 9.17) is 10.0 Å². The van der Waals surface area contributed by atoms with Crippen LogP contribution in [0.15, 0.2) is 71.6 Å². The number of benzene rings is 2. The molecule has 6 rings (SSSR count). The van der Waals surface area contributed by atoms with Gasteiger partial charge in [-0.2, -0.15) is 0 Å². The fraction of sp³-hybridized carbons (Fsp3) is 0.257. The Bertz CT molecular complexity index is 2000. The SMILES string of the molecule is Cn1cc(NC(=O)c2cc(NC(=O)c3ccc(/C=C/c4ccc5nonc5c4)cc3)cn2C)cc1C(=O)NCCC(=N)N1CCCCC1. The molecule has 0 saturated carbocycles. The Labute approximate surface area is 277 Å². The van der Waals surface area contributed by atoms with Crippen LogP contribution in [0.1, 0.15) is 68.1 Å². The number of nitrogens with zero attached hydrogens (tertiary/aromatic N) is 5. The fourth-order valence-corrected chi connectivity index (χ4v) is 5.66. The lowest BCUT2D eigenvalue weighted by Gasteiger charge is -2.29. The maximum atomic E-state index is 13.1. The topological polar surface area (TPSA) is 163 Å². The van der Waals surface area contributed by atoms with Crippen molar-refractivity contribution in [2.24, 2.45) is 14.1 Å². The summed E-state index contributed by atoms with van der Waals surface area (Å²) < 4.78 is 8.01. The molecular formula is C35H37N9O4. The number of hydrogen-bond acceptors (Lipinski definition) is 7. The van der Waals surface area contributed by atoms with Gasteiger partial charge >= 0.3 is 0 Å². The smallest absolute Gasteiger partial charge is 0.272 e. The summed E-state index contributed by atoms with van der Waals surface area (Å²) in [5.41, 5.74) is 5.35. The number of carbonyl (C=O) groups excluding carboxylic acids is 3. The van der Waals surface area contributed by atoms with Crippen LogP contribution in [0.3, 0.4) is 0 Å². The number of anilines is 2. The van der Waals surface area contributed by atoms with Crippen molar-refractivity contribution in [3.05, 3.63) is 95.1 Å². The average molecular weight is 648 g/mol. The Balaban J connectivity index is 1.01. The Morgan fingerprint density at radius 1 is 0.771 bits per heavy atom. The molecule has 0 unspecified atom stereocenters. The first-order valence-electron chi connectivity index (χ1n) is 15.8. The van der Waals surface area contributed by atoms with Crippen LogP contribution in [-0.2, 0) is 14.1 Å². The minimum absolute atomic E-state index is 0.278. The van der Waals surface area contributed by atoms with Gasteiger partial charge in [0.15, 0.2) is 0 Å². The highest BCUT2D eigenvalue weighted by molar-refractivity contribution is 6.07. The summed E-state index contributed by atoms with van der Waals surface area (Å²) in [6.45, 7) is 2.16. The van der Waals surface area contributed by atoms with Crippen LogP contribution in [0.25, 0.3) is 23.2 Å². The molecule has 13 heteroatoms. The van der Waals surface area contributed by atoms with Crippen molar-refractivity contribution in [1.82, 2.24) is 29.7 Å². The molecular weight excluding hydrogens is 610 g/mol. The molecule has 3 aromatic heterocycles. The van der Waals surface area contributed by atoms with E-state index in [2.05, 4.69) is 31.2 Å². The van der Waals surface area contributed by atoms with E-state index >= 15 is 0 Å². The maximum Gasteiger partial charge on any atom is 0.272 e. The van der Waals surface area contributed by atoms with Gasteiger partial charge in [-0.15, -0.1) is 0 Å².